The molecule has 3 heteroatoms. The van der Waals surface area contributed by atoms with E-state index in [0.717, 1.165) is 11.3 Å². The van der Waals surface area contributed by atoms with Gasteiger partial charge in [-0.1, -0.05) is 0 Å². The van der Waals surface area contributed by atoms with Crippen LogP contribution in [0.2, 0.25) is 0 Å². The van der Waals surface area contributed by atoms with Gasteiger partial charge < -0.3 is 0 Å². The van der Waals surface area contributed by atoms with Crippen molar-refractivity contribution in [2.75, 3.05) is 6.54 Å². The molecule has 0 spiro atoms. The van der Waals surface area contributed by atoms with E-state index in [1.165, 1.54) is 32.1 Å². The van der Waals surface area contributed by atoms with Gasteiger partial charge in [-0.05, 0) is 0 Å². The van der Waals surface area contributed by atoms with Gasteiger partial charge in [0.25, 0.3) is 0 Å². The maximum absolute atomic E-state index is 4.82. The van der Waals surface area contributed by atoms with E-state index in [2.05, 4.69) is 41.7 Å². The SMILES string of the molecule is CCN(C([Se])=NC1CCCCC1)C(C)C. The normalized spacial score (nSPS) is 19.6. The van der Waals surface area contributed by atoms with Gasteiger partial charge in [-0.2, -0.15) is 0 Å². The summed E-state index contributed by atoms with van der Waals surface area (Å²) in [4.78, 5) is 7.14. The third-order valence-electron chi connectivity index (χ3n) is 3.08. The van der Waals surface area contributed by atoms with E-state index in [1.807, 2.05) is 0 Å². The topological polar surface area (TPSA) is 15.6 Å². The molecule has 0 saturated heterocycles. The molecule has 0 aliphatic heterocycles. The van der Waals surface area contributed by atoms with Crippen LogP contribution in [-0.2, 0) is 0 Å². The zero-order valence-corrected chi connectivity index (χ0v) is 11.9. The predicted molar refractivity (Wildman–Crippen MR) is 67.6 cm³/mol. The summed E-state index contributed by atoms with van der Waals surface area (Å²) in [6.07, 6.45) is 6.67. The number of hydrogen-bond donors (Lipinski definition) is 0. The molecule has 0 N–H and O–H groups in total. The molecule has 1 radical (unpaired) electrons. The molecule has 0 unspecified atom stereocenters. The van der Waals surface area contributed by atoms with Crippen LogP contribution in [0.25, 0.3) is 0 Å². The quantitative estimate of drug-likeness (QED) is 0.439. The van der Waals surface area contributed by atoms with Gasteiger partial charge in [-0.15, -0.1) is 0 Å². The molecule has 87 valence electrons. The Hall–Kier alpha value is -0.0105. The van der Waals surface area contributed by atoms with Gasteiger partial charge in [0.1, 0.15) is 0 Å². The van der Waals surface area contributed by atoms with Crippen LogP contribution in [0.5, 0.6) is 0 Å². The number of nitrogens with zero attached hydrogens (tertiary/aromatic N) is 2. The third-order valence-corrected chi connectivity index (χ3v) is 3.79. The number of amidine groups is 1. The molecule has 0 atom stereocenters. The van der Waals surface area contributed by atoms with Gasteiger partial charge in [0, 0.05) is 0 Å². The van der Waals surface area contributed by atoms with Gasteiger partial charge in [0.2, 0.25) is 0 Å². The van der Waals surface area contributed by atoms with Crippen LogP contribution < -0.4 is 0 Å². The first kappa shape index (κ1) is 13.1. The first-order chi connectivity index (χ1) is 7.15. The summed E-state index contributed by atoms with van der Waals surface area (Å²) in [5.74, 6) is 0. The van der Waals surface area contributed by atoms with Crippen LogP contribution in [0, 0.1) is 0 Å². The molecule has 0 aromatic rings. The number of rotatable bonds is 3. The predicted octanol–water partition coefficient (Wildman–Crippen LogP) is 2.57. The van der Waals surface area contributed by atoms with Crippen LogP contribution >= 0.6 is 0 Å². The van der Waals surface area contributed by atoms with Gasteiger partial charge in [0.05, 0.1) is 0 Å². The fraction of sp³-hybridized carbons (Fsp3) is 0.917. The fourth-order valence-electron chi connectivity index (χ4n) is 2.16. The van der Waals surface area contributed by atoms with Crippen molar-refractivity contribution in [1.82, 2.24) is 4.90 Å². The van der Waals surface area contributed by atoms with Crippen molar-refractivity contribution in [3.63, 3.8) is 0 Å². The zero-order valence-electron chi connectivity index (χ0n) is 10.2. The van der Waals surface area contributed by atoms with Crippen LogP contribution in [0.3, 0.4) is 0 Å². The molecule has 0 heterocycles. The van der Waals surface area contributed by atoms with Crippen LogP contribution in [-0.4, -0.2) is 44.3 Å². The Labute approximate surface area is 102 Å². The standard InChI is InChI=1S/C12H23N2Se/c1-4-14(10(2)3)12(15)13-11-8-6-5-7-9-11/h10-11H,4-9H2,1-3H3. The Morgan fingerprint density at radius 2 is 1.93 bits per heavy atom. The van der Waals surface area contributed by atoms with Crippen molar-refractivity contribution in [2.24, 2.45) is 4.99 Å². The van der Waals surface area contributed by atoms with Crippen LogP contribution in [0.15, 0.2) is 4.99 Å². The Morgan fingerprint density at radius 1 is 1.33 bits per heavy atom. The average Bonchev–Trinajstić information content (AvgIpc) is 2.19. The first-order valence-corrected chi connectivity index (χ1v) is 7.02. The molecule has 0 amide bonds. The van der Waals surface area contributed by atoms with E-state index >= 15 is 0 Å². The van der Waals surface area contributed by atoms with Crippen molar-refractivity contribution < 1.29 is 0 Å². The second-order valence-electron chi connectivity index (χ2n) is 4.58. The van der Waals surface area contributed by atoms with Gasteiger partial charge in [-0.25, -0.2) is 0 Å². The number of hydrogen-bond acceptors (Lipinski definition) is 1. The summed E-state index contributed by atoms with van der Waals surface area (Å²) in [7, 11) is 0. The van der Waals surface area contributed by atoms with Gasteiger partial charge >= 0.3 is 102 Å². The molecule has 2 nitrogen and oxygen atoms in total. The molecule has 0 aromatic carbocycles. The van der Waals surface area contributed by atoms with Gasteiger partial charge in [-0.3, -0.25) is 0 Å². The van der Waals surface area contributed by atoms with E-state index in [4.69, 9.17) is 4.99 Å². The molecule has 0 bridgehead atoms. The van der Waals surface area contributed by atoms with E-state index < -0.39 is 0 Å². The Bertz CT molecular complexity index is 208. The van der Waals surface area contributed by atoms with E-state index in [-0.39, 0.29) is 0 Å². The summed E-state index contributed by atoms with van der Waals surface area (Å²) < 4.78 is 1.11. The second kappa shape index (κ2) is 6.55. The van der Waals surface area contributed by atoms with Crippen LogP contribution in [0.4, 0.5) is 0 Å². The molecule has 1 aliphatic carbocycles. The Kier molecular flexibility index (Phi) is 5.70. The zero-order chi connectivity index (χ0) is 11.3. The van der Waals surface area contributed by atoms with Gasteiger partial charge in [0.15, 0.2) is 0 Å². The van der Waals surface area contributed by atoms with Crippen molar-refractivity contribution in [3.8, 4) is 0 Å². The summed E-state index contributed by atoms with van der Waals surface area (Å²) in [5, 5.41) is 0. The Morgan fingerprint density at radius 3 is 2.40 bits per heavy atom. The molecule has 1 fully saturated rings. The molecule has 1 rings (SSSR count). The Balaban J connectivity index is 2.55. The molecular weight excluding hydrogens is 251 g/mol. The third kappa shape index (κ3) is 4.16. The first-order valence-electron chi connectivity index (χ1n) is 6.16. The average molecular weight is 274 g/mol. The molecule has 1 saturated carbocycles. The summed E-state index contributed by atoms with van der Waals surface area (Å²) in [5.41, 5.74) is 0. The van der Waals surface area contributed by atoms with Crippen molar-refractivity contribution in [2.45, 2.75) is 65.0 Å². The fourth-order valence-corrected chi connectivity index (χ4v) is 3.19. The van der Waals surface area contributed by atoms with Crippen molar-refractivity contribution in [3.05, 3.63) is 0 Å². The maximum atomic E-state index is 4.82. The molecular formula is C12H23N2Se. The summed E-state index contributed by atoms with van der Waals surface area (Å²) in [6, 6.07) is 1.11. The summed E-state index contributed by atoms with van der Waals surface area (Å²) in [6.45, 7) is 7.67. The van der Waals surface area contributed by atoms with Crippen molar-refractivity contribution in [1.29, 1.82) is 0 Å². The van der Waals surface area contributed by atoms with E-state index in [1.54, 1.807) is 0 Å². The molecule has 1 aliphatic rings. The van der Waals surface area contributed by atoms with Crippen LogP contribution in [0.1, 0.15) is 52.9 Å². The molecule has 15 heavy (non-hydrogen) atoms. The number of aliphatic imine (C=N–C) groups is 1. The molecule has 0 aromatic heterocycles. The van der Waals surface area contributed by atoms with Crippen molar-refractivity contribution >= 4 is 20.7 Å². The van der Waals surface area contributed by atoms with E-state index in [9.17, 15) is 0 Å². The van der Waals surface area contributed by atoms with E-state index in [0.29, 0.717) is 12.1 Å². The minimum atomic E-state index is 0.540. The monoisotopic (exact) mass is 275 g/mol. The minimum absolute atomic E-state index is 0.540. The second-order valence-corrected chi connectivity index (χ2v) is 5.35. The summed E-state index contributed by atoms with van der Waals surface area (Å²) >= 11 is 3.13.